The van der Waals surface area contributed by atoms with Crippen LogP contribution < -0.4 is 15.8 Å². The maximum atomic E-state index is 11.5. The van der Waals surface area contributed by atoms with Gasteiger partial charge in [-0.25, -0.2) is 0 Å². The average Bonchev–Trinajstić information content (AvgIpc) is 2.95. The van der Waals surface area contributed by atoms with E-state index in [1.807, 2.05) is 47.9 Å². The molecule has 0 saturated heterocycles. The Kier molecular flexibility index (Phi) is 6.37. The molecule has 0 saturated carbocycles. The van der Waals surface area contributed by atoms with Crippen molar-refractivity contribution < 1.29 is 9.53 Å². The van der Waals surface area contributed by atoms with Crippen molar-refractivity contribution in [3.8, 4) is 5.75 Å². The van der Waals surface area contributed by atoms with E-state index >= 15 is 0 Å². The quantitative estimate of drug-likeness (QED) is 0.589. The number of nitrogens with zero attached hydrogens (tertiary/aromatic N) is 1. The number of fused-ring (bicyclic) bond motifs is 1. The predicted molar refractivity (Wildman–Crippen MR) is 113 cm³/mol. The summed E-state index contributed by atoms with van der Waals surface area (Å²) in [6, 6.07) is 16.4. The van der Waals surface area contributed by atoms with E-state index in [9.17, 15) is 4.79 Å². The third-order valence-corrected chi connectivity index (χ3v) is 5.11. The van der Waals surface area contributed by atoms with Crippen LogP contribution in [0.4, 0.5) is 0 Å². The summed E-state index contributed by atoms with van der Waals surface area (Å²) in [4.78, 5) is 11.5. The van der Waals surface area contributed by atoms with Gasteiger partial charge in [0.1, 0.15) is 12.3 Å². The fourth-order valence-corrected chi connectivity index (χ4v) is 3.63. The van der Waals surface area contributed by atoms with Gasteiger partial charge in [-0.3, -0.25) is 4.79 Å². The van der Waals surface area contributed by atoms with Crippen molar-refractivity contribution in [3.05, 3.63) is 65.4 Å². The molecule has 3 rings (SSSR count). The fraction of sp³-hybridized carbons (Fsp3) is 0.348. The van der Waals surface area contributed by atoms with Gasteiger partial charge in [-0.05, 0) is 38.0 Å². The molecule has 0 unspecified atom stereocenters. The normalized spacial score (nSPS) is 12.2. The highest BCUT2D eigenvalue weighted by molar-refractivity contribution is 5.87. The smallest absolute Gasteiger partial charge is 0.237 e. The summed E-state index contributed by atoms with van der Waals surface area (Å²) >= 11 is 0. The summed E-state index contributed by atoms with van der Waals surface area (Å²) in [7, 11) is 0. The molecule has 0 aliphatic heterocycles. The number of para-hydroxylation sites is 2. The summed E-state index contributed by atoms with van der Waals surface area (Å²) in [5, 5.41) is 4.77. The summed E-state index contributed by atoms with van der Waals surface area (Å²) in [6.45, 7) is 7.89. The van der Waals surface area contributed by atoms with E-state index in [1.165, 1.54) is 5.56 Å². The van der Waals surface area contributed by atoms with Gasteiger partial charge in [0.05, 0.1) is 6.61 Å². The summed E-state index contributed by atoms with van der Waals surface area (Å²) in [5.41, 5.74) is 9.90. The molecule has 2 aromatic carbocycles. The van der Waals surface area contributed by atoms with Gasteiger partial charge in [0.25, 0.3) is 0 Å². The number of ether oxygens (including phenoxy) is 1. The lowest BCUT2D eigenvalue weighted by Gasteiger charge is -2.18. The van der Waals surface area contributed by atoms with Crippen LogP contribution in [0.25, 0.3) is 10.9 Å². The number of nitrogens with two attached hydrogens (primary N) is 1. The van der Waals surface area contributed by atoms with Gasteiger partial charge in [-0.2, -0.15) is 0 Å². The second kappa shape index (κ2) is 8.93. The van der Waals surface area contributed by atoms with Crippen molar-refractivity contribution in [2.75, 3.05) is 6.61 Å². The molecule has 0 bridgehead atoms. The van der Waals surface area contributed by atoms with E-state index < -0.39 is 0 Å². The molecule has 5 heteroatoms. The van der Waals surface area contributed by atoms with Crippen molar-refractivity contribution in [3.63, 3.8) is 0 Å². The zero-order valence-electron chi connectivity index (χ0n) is 16.9. The van der Waals surface area contributed by atoms with Crippen LogP contribution >= 0.6 is 0 Å². The first-order valence-corrected chi connectivity index (χ1v) is 9.83. The molecule has 3 N–H and O–H groups in total. The monoisotopic (exact) mass is 379 g/mol. The molecule has 3 aromatic rings. The number of carbonyl (C=O) groups excluding carboxylic acids is 1. The minimum Gasteiger partial charge on any atom is -0.493 e. The number of benzene rings is 2. The molecule has 0 radical (unpaired) electrons. The van der Waals surface area contributed by atoms with E-state index in [0.29, 0.717) is 13.2 Å². The second-order valence-corrected chi connectivity index (χ2v) is 7.12. The van der Waals surface area contributed by atoms with Crippen LogP contribution in [-0.2, 0) is 17.9 Å². The van der Waals surface area contributed by atoms with Crippen LogP contribution in [0, 0.1) is 6.92 Å². The van der Waals surface area contributed by atoms with Crippen molar-refractivity contribution in [1.29, 1.82) is 0 Å². The lowest BCUT2D eigenvalue weighted by atomic mass is 10.1. The van der Waals surface area contributed by atoms with Gasteiger partial charge in [-0.15, -0.1) is 0 Å². The molecule has 1 heterocycles. The molecule has 5 nitrogen and oxygen atoms in total. The Labute approximate surface area is 166 Å². The van der Waals surface area contributed by atoms with E-state index in [0.717, 1.165) is 34.3 Å². The van der Waals surface area contributed by atoms with Crippen LogP contribution in [-0.4, -0.2) is 17.1 Å². The molecule has 0 aliphatic rings. The molecule has 0 fully saturated rings. The van der Waals surface area contributed by atoms with Crippen LogP contribution in [0.3, 0.4) is 0 Å². The SMILES string of the molecule is CCCOc1ccccc1[C@H](C)NCc1c(C)n(CC(N)=O)c2ccccc12. The van der Waals surface area contributed by atoms with Crippen molar-refractivity contribution in [1.82, 2.24) is 9.88 Å². The number of aromatic nitrogens is 1. The summed E-state index contributed by atoms with van der Waals surface area (Å²) in [5.74, 6) is 0.593. The molecule has 0 aliphatic carbocycles. The first kappa shape index (κ1) is 20.0. The number of nitrogens with one attached hydrogen (secondary N) is 1. The lowest BCUT2D eigenvalue weighted by molar-refractivity contribution is -0.118. The highest BCUT2D eigenvalue weighted by atomic mass is 16.5. The zero-order valence-corrected chi connectivity index (χ0v) is 16.9. The zero-order chi connectivity index (χ0) is 20.1. The van der Waals surface area contributed by atoms with Crippen molar-refractivity contribution >= 4 is 16.8 Å². The molecule has 1 amide bonds. The van der Waals surface area contributed by atoms with Gasteiger partial charge in [0.2, 0.25) is 5.91 Å². The standard InChI is InChI=1S/C23H29N3O2/c1-4-13-28-22-12-8-6-9-18(22)16(2)25-14-20-17(3)26(15-23(24)27)21-11-7-5-10-19(20)21/h5-12,16,25H,4,13-15H2,1-3H3,(H2,24,27)/t16-/m0/s1. The van der Waals surface area contributed by atoms with Crippen LogP contribution in [0.1, 0.15) is 43.1 Å². The van der Waals surface area contributed by atoms with Crippen molar-refractivity contribution in [2.45, 2.75) is 46.3 Å². The Morgan fingerprint density at radius 3 is 2.64 bits per heavy atom. The minimum absolute atomic E-state index is 0.130. The Hall–Kier alpha value is -2.79. The number of primary amides is 1. The van der Waals surface area contributed by atoms with E-state index in [2.05, 4.69) is 31.3 Å². The Morgan fingerprint density at radius 2 is 1.89 bits per heavy atom. The van der Waals surface area contributed by atoms with Crippen LogP contribution in [0.2, 0.25) is 0 Å². The number of carbonyl (C=O) groups is 1. The fourth-order valence-electron chi connectivity index (χ4n) is 3.63. The van der Waals surface area contributed by atoms with E-state index in [4.69, 9.17) is 10.5 Å². The van der Waals surface area contributed by atoms with Gasteiger partial charge in [0.15, 0.2) is 0 Å². The Balaban J connectivity index is 1.84. The maximum Gasteiger partial charge on any atom is 0.237 e. The number of hydrogen-bond acceptors (Lipinski definition) is 3. The third-order valence-electron chi connectivity index (χ3n) is 5.11. The number of hydrogen-bond donors (Lipinski definition) is 2. The topological polar surface area (TPSA) is 69.3 Å². The Morgan fingerprint density at radius 1 is 1.18 bits per heavy atom. The highest BCUT2D eigenvalue weighted by Crippen LogP contribution is 2.28. The highest BCUT2D eigenvalue weighted by Gasteiger charge is 2.17. The van der Waals surface area contributed by atoms with Gasteiger partial charge in [0, 0.05) is 34.7 Å². The maximum absolute atomic E-state index is 11.5. The first-order valence-electron chi connectivity index (χ1n) is 9.83. The summed E-state index contributed by atoms with van der Waals surface area (Å²) in [6.07, 6.45) is 0.981. The van der Waals surface area contributed by atoms with E-state index in [1.54, 1.807) is 0 Å². The molecule has 1 atom stereocenters. The first-order chi connectivity index (χ1) is 13.5. The van der Waals surface area contributed by atoms with Gasteiger partial charge < -0.3 is 20.4 Å². The number of rotatable bonds is 9. The second-order valence-electron chi connectivity index (χ2n) is 7.12. The molecule has 28 heavy (non-hydrogen) atoms. The largest absolute Gasteiger partial charge is 0.493 e. The average molecular weight is 380 g/mol. The van der Waals surface area contributed by atoms with E-state index in [-0.39, 0.29) is 18.5 Å². The van der Waals surface area contributed by atoms with Crippen LogP contribution in [0.5, 0.6) is 5.75 Å². The van der Waals surface area contributed by atoms with Crippen LogP contribution in [0.15, 0.2) is 48.5 Å². The Bertz CT molecular complexity index is 962. The van der Waals surface area contributed by atoms with Gasteiger partial charge >= 0.3 is 0 Å². The predicted octanol–water partition coefficient (Wildman–Crippen LogP) is 4.07. The van der Waals surface area contributed by atoms with Gasteiger partial charge in [-0.1, -0.05) is 43.3 Å². The van der Waals surface area contributed by atoms with Crippen molar-refractivity contribution in [2.24, 2.45) is 5.73 Å². The summed E-state index contributed by atoms with van der Waals surface area (Å²) < 4.78 is 7.90. The molecular formula is C23H29N3O2. The lowest BCUT2D eigenvalue weighted by Crippen LogP contribution is -2.21. The molecule has 0 spiro atoms. The number of amides is 1. The molecule has 1 aromatic heterocycles. The molecular weight excluding hydrogens is 350 g/mol. The third kappa shape index (κ3) is 4.20. The molecule has 148 valence electrons. The minimum atomic E-state index is -0.335.